The molecule has 0 bridgehead atoms. The zero-order valence-electron chi connectivity index (χ0n) is 23.3. The number of aliphatic hydroxyl groups excluding tert-OH is 1. The number of carbonyl (C=O) groups is 1. The number of alkyl halides is 4. The van der Waals surface area contributed by atoms with E-state index in [1.807, 2.05) is 5.32 Å². The monoisotopic (exact) mass is 609 g/mol. The fourth-order valence-corrected chi connectivity index (χ4v) is 5.42. The Labute approximate surface area is 245 Å². The highest BCUT2D eigenvalue weighted by atomic mass is 19.3. The van der Waals surface area contributed by atoms with Gasteiger partial charge >= 0.3 is 11.8 Å². The van der Waals surface area contributed by atoms with Gasteiger partial charge in [-0.15, -0.1) is 5.17 Å². The van der Waals surface area contributed by atoms with Crippen molar-refractivity contribution in [2.45, 2.75) is 69.1 Å². The lowest BCUT2D eigenvalue weighted by atomic mass is 9.84. The summed E-state index contributed by atoms with van der Waals surface area (Å²) in [5.74, 6) is -12.2. The fourth-order valence-electron chi connectivity index (χ4n) is 5.42. The van der Waals surface area contributed by atoms with Gasteiger partial charge < -0.3 is 10.4 Å². The number of allylic oxidation sites excluding steroid dienone is 2. The molecule has 2 aromatic rings. The molecule has 3 aliphatic rings. The van der Waals surface area contributed by atoms with Crippen molar-refractivity contribution in [1.82, 2.24) is 5.17 Å². The van der Waals surface area contributed by atoms with Crippen LogP contribution in [0.5, 0.6) is 0 Å². The van der Waals surface area contributed by atoms with Crippen LogP contribution >= 0.6 is 0 Å². The summed E-state index contributed by atoms with van der Waals surface area (Å²) in [7, 11) is 0. The van der Waals surface area contributed by atoms with E-state index in [1.165, 1.54) is 18.2 Å². The number of hydroxylamine groups is 1. The van der Waals surface area contributed by atoms with Gasteiger partial charge in [0.1, 0.15) is 23.9 Å². The molecule has 6 nitrogen and oxygen atoms in total. The molecule has 43 heavy (non-hydrogen) atoms. The quantitative estimate of drug-likeness (QED) is 0.185. The van der Waals surface area contributed by atoms with Crippen molar-refractivity contribution in [2.24, 2.45) is 5.92 Å². The minimum atomic E-state index is -4.96. The van der Waals surface area contributed by atoms with E-state index in [2.05, 4.69) is 5.43 Å². The smallest absolute Gasteiger partial charge is 0.354 e. The topological polar surface area (TPSA) is 73.8 Å². The van der Waals surface area contributed by atoms with Crippen LogP contribution in [0.4, 0.5) is 37.7 Å². The predicted molar refractivity (Wildman–Crippen MR) is 148 cm³/mol. The average molecular weight is 610 g/mol. The van der Waals surface area contributed by atoms with Crippen LogP contribution in [-0.2, 0) is 16.1 Å². The first-order chi connectivity index (χ1) is 20.5. The largest absolute Gasteiger partial charge is 0.394 e. The molecule has 0 unspecified atom stereocenters. The van der Waals surface area contributed by atoms with E-state index < -0.39 is 59.6 Å². The maximum atomic E-state index is 15.2. The molecule has 0 saturated heterocycles. The van der Waals surface area contributed by atoms with E-state index in [-0.39, 0.29) is 22.9 Å². The minimum absolute atomic E-state index is 0.135. The Balaban J connectivity index is 1.45. The summed E-state index contributed by atoms with van der Waals surface area (Å²) < 4.78 is 89.3. The van der Waals surface area contributed by atoms with Crippen LogP contribution < -0.4 is 10.7 Å². The Morgan fingerprint density at radius 3 is 2.30 bits per heavy atom. The molecule has 3 N–H and O–H groups in total. The first-order valence-electron chi connectivity index (χ1n) is 14.4. The number of nitrogens with one attached hydrogen (secondary N) is 2. The molecular formula is C31H33F6N3O3. The second-order valence-corrected chi connectivity index (χ2v) is 11.2. The molecule has 3 aliphatic carbocycles. The number of benzene rings is 2. The van der Waals surface area contributed by atoms with Crippen molar-refractivity contribution in [1.29, 1.82) is 0 Å². The number of halogens is 6. The second kappa shape index (κ2) is 12.6. The van der Waals surface area contributed by atoms with Crippen molar-refractivity contribution < 1.29 is 41.1 Å². The summed E-state index contributed by atoms with van der Waals surface area (Å²) in [5.41, 5.74) is 0.417. The number of amides is 1. The molecular weight excluding hydrogens is 576 g/mol. The molecule has 12 heteroatoms. The summed E-state index contributed by atoms with van der Waals surface area (Å²) in [6.45, 7) is -1.13. The van der Waals surface area contributed by atoms with Crippen LogP contribution in [-0.4, -0.2) is 41.2 Å². The number of carbonyl (C=O) groups excluding carboxylic acids is 1. The first-order valence-corrected chi connectivity index (χ1v) is 14.4. The van der Waals surface area contributed by atoms with E-state index in [4.69, 9.17) is 4.84 Å². The van der Waals surface area contributed by atoms with Gasteiger partial charge in [-0.1, -0.05) is 31.4 Å². The lowest BCUT2D eigenvalue weighted by Crippen LogP contribution is -2.48. The summed E-state index contributed by atoms with van der Waals surface area (Å²) in [4.78, 5) is 18.7. The zero-order valence-corrected chi connectivity index (χ0v) is 23.3. The molecule has 0 atom stereocenters. The van der Waals surface area contributed by atoms with E-state index in [0.29, 0.717) is 24.0 Å². The third-order valence-electron chi connectivity index (χ3n) is 7.99. The summed E-state index contributed by atoms with van der Waals surface area (Å²) in [6.07, 6.45) is 7.94. The van der Waals surface area contributed by atoms with Gasteiger partial charge in [-0.05, 0) is 91.5 Å². The summed E-state index contributed by atoms with van der Waals surface area (Å²) in [6, 6.07) is 8.12. The molecule has 0 radical (unpaired) electrons. The van der Waals surface area contributed by atoms with Gasteiger partial charge in [0.2, 0.25) is 0 Å². The highest BCUT2D eigenvalue weighted by molar-refractivity contribution is 5.98. The molecule has 0 heterocycles. The van der Waals surface area contributed by atoms with Crippen LogP contribution in [0.25, 0.3) is 0 Å². The fraction of sp³-hybridized carbons (Fsp3) is 0.452. The number of hydrazine groups is 1. The zero-order chi connectivity index (χ0) is 30.8. The molecule has 232 valence electrons. The number of rotatable bonds is 11. The van der Waals surface area contributed by atoms with Gasteiger partial charge in [0.15, 0.2) is 0 Å². The summed E-state index contributed by atoms with van der Waals surface area (Å²) in [5, 5.41) is 11.6. The Kier molecular flexibility index (Phi) is 9.07. The highest BCUT2D eigenvalue weighted by Gasteiger charge is 2.60. The van der Waals surface area contributed by atoms with Crippen molar-refractivity contribution in [3.8, 4) is 0 Å². The molecule has 1 amide bonds. The Hall–Kier alpha value is -3.51. The molecule has 0 spiro atoms. The molecule has 2 saturated carbocycles. The van der Waals surface area contributed by atoms with Crippen LogP contribution in [0.3, 0.4) is 0 Å². The normalized spacial score (nSPS) is 19.8. The third-order valence-corrected chi connectivity index (χ3v) is 7.99. The van der Waals surface area contributed by atoms with Crippen molar-refractivity contribution in [3.63, 3.8) is 0 Å². The van der Waals surface area contributed by atoms with E-state index in [9.17, 15) is 23.1 Å². The number of hydrogen-bond donors (Lipinski definition) is 3. The second-order valence-electron chi connectivity index (χ2n) is 11.2. The Bertz CT molecular complexity index is 1400. The van der Waals surface area contributed by atoms with Gasteiger partial charge in [-0.25, -0.2) is 13.6 Å². The van der Waals surface area contributed by atoms with E-state index >= 15 is 13.2 Å². The van der Waals surface area contributed by atoms with E-state index in [0.717, 1.165) is 62.6 Å². The molecule has 5 rings (SSSR count). The predicted octanol–water partition coefficient (Wildman–Crippen LogP) is 7.25. The van der Waals surface area contributed by atoms with Crippen LogP contribution in [0.2, 0.25) is 0 Å². The van der Waals surface area contributed by atoms with Gasteiger partial charge in [0.25, 0.3) is 5.91 Å². The number of aliphatic hydroxyl groups is 1. The van der Waals surface area contributed by atoms with Crippen LogP contribution in [0.15, 0.2) is 59.8 Å². The minimum Gasteiger partial charge on any atom is -0.394 e. The van der Waals surface area contributed by atoms with Crippen molar-refractivity contribution in [2.75, 3.05) is 24.0 Å². The van der Waals surface area contributed by atoms with E-state index in [1.54, 1.807) is 6.07 Å². The Morgan fingerprint density at radius 1 is 0.953 bits per heavy atom. The van der Waals surface area contributed by atoms with Crippen molar-refractivity contribution in [3.05, 3.63) is 82.6 Å². The Morgan fingerprint density at radius 2 is 1.65 bits per heavy atom. The SMILES string of the molecule is O=C(C1=C(Nc2ccc(CC3CC3)cc2F)C(F)(F)C(F)(F)C=C1)N(Nc1ccc(C2CCCCC2)cc1F)OCCO. The number of nitrogens with zero attached hydrogens (tertiary/aromatic N) is 1. The third kappa shape index (κ3) is 6.85. The van der Waals surface area contributed by atoms with Gasteiger partial charge in [-0.3, -0.25) is 10.2 Å². The van der Waals surface area contributed by atoms with Gasteiger partial charge in [-0.2, -0.15) is 17.6 Å². The molecule has 0 aromatic heterocycles. The lowest BCUT2D eigenvalue weighted by molar-refractivity contribution is -0.178. The van der Waals surface area contributed by atoms with Crippen LogP contribution in [0, 0.1) is 17.6 Å². The van der Waals surface area contributed by atoms with Gasteiger partial charge in [0.05, 0.1) is 23.6 Å². The first kappa shape index (κ1) is 30.9. The van der Waals surface area contributed by atoms with Crippen LogP contribution in [0.1, 0.15) is 62.0 Å². The molecule has 0 aliphatic heterocycles. The molecule has 2 fully saturated rings. The van der Waals surface area contributed by atoms with Crippen molar-refractivity contribution >= 4 is 17.3 Å². The lowest BCUT2D eigenvalue weighted by Gasteiger charge is -2.33. The number of anilines is 2. The van der Waals surface area contributed by atoms with Gasteiger partial charge in [0, 0.05) is 0 Å². The molecule has 2 aromatic carbocycles. The average Bonchev–Trinajstić information content (AvgIpc) is 3.80. The maximum absolute atomic E-state index is 15.2. The number of hydrogen-bond acceptors (Lipinski definition) is 5. The highest BCUT2D eigenvalue weighted by Crippen LogP contribution is 2.46. The standard InChI is InChI=1S/C31H33F6N3O3/c32-24-17-20(16-19-6-7-19)8-10-26(24)38-28-23(12-13-30(34,35)31(28,36)37)29(42)40(43-15-14-41)39-27-11-9-22(18-25(27)33)21-4-2-1-3-5-21/h8-13,17-19,21,38-39,41H,1-7,14-16H2. The summed E-state index contributed by atoms with van der Waals surface area (Å²) >= 11 is 0. The maximum Gasteiger partial charge on any atom is 0.354 e.